The zero-order valence-corrected chi connectivity index (χ0v) is 12.6. The Morgan fingerprint density at radius 2 is 1.90 bits per heavy atom. The highest BCUT2D eigenvalue weighted by Gasteiger charge is 2.10. The van der Waals surface area contributed by atoms with E-state index < -0.39 is 0 Å². The predicted molar refractivity (Wildman–Crippen MR) is 79.4 cm³/mol. The van der Waals surface area contributed by atoms with Crippen LogP contribution in [0.5, 0.6) is 11.5 Å². The van der Waals surface area contributed by atoms with E-state index in [2.05, 4.69) is 26.2 Å². The average molecular weight is 337 g/mol. The van der Waals surface area contributed by atoms with Crippen LogP contribution >= 0.6 is 15.9 Å². The normalized spacial score (nSPS) is 9.95. The van der Waals surface area contributed by atoms with Crippen molar-refractivity contribution >= 4 is 27.5 Å². The number of pyridine rings is 1. The van der Waals surface area contributed by atoms with Crippen LogP contribution in [-0.4, -0.2) is 25.1 Å². The molecule has 1 heterocycles. The van der Waals surface area contributed by atoms with Gasteiger partial charge in [0.2, 0.25) is 0 Å². The predicted octanol–water partition coefficient (Wildman–Crippen LogP) is 3.11. The van der Waals surface area contributed by atoms with Crippen molar-refractivity contribution in [2.75, 3.05) is 19.5 Å². The van der Waals surface area contributed by atoms with E-state index in [1.54, 1.807) is 50.7 Å². The third-order valence-electron chi connectivity index (χ3n) is 2.60. The molecule has 1 amide bonds. The van der Waals surface area contributed by atoms with E-state index in [0.717, 1.165) is 4.47 Å². The number of rotatable bonds is 4. The molecule has 20 heavy (non-hydrogen) atoms. The van der Waals surface area contributed by atoms with Gasteiger partial charge in [-0.15, -0.1) is 0 Å². The van der Waals surface area contributed by atoms with Crippen LogP contribution in [0.15, 0.2) is 41.0 Å². The van der Waals surface area contributed by atoms with Crippen LogP contribution in [0.25, 0.3) is 0 Å². The average Bonchev–Trinajstić information content (AvgIpc) is 2.47. The van der Waals surface area contributed by atoms with E-state index in [4.69, 9.17) is 9.47 Å². The number of carbonyl (C=O) groups is 1. The maximum Gasteiger partial charge on any atom is 0.274 e. The lowest BCUT2D eigenvalue weighted by atomic mass is 10.2. The number of methoxy groups -OCH3 is 2. The van der Waals surface area contributed by atoms with Crippen molar-refractivity contribution in [3.05, 3.63) is 46.7 Å². The first kappa shape index (κ1) is 14.3. The van der Waals surface area contributed by atoms with Crippen molar-refractivity contribution in [3.63, 3.8) is 0 Å². The molecule has 0 aliphatic carbocycles. The van der Waals surface area contributed by atoms with Crippen molar-refractivity contribution in [1.29, 1.82) is 0 Å². The third kappa shape index (κ3) is 3.27. The van der Waals surface area contributed by atoms with Crippen molar-refractivity contribution in [3.8, 4) is 11.5 Å². The summed E-state index contributed by atoms with van der Waals surface area (Å²) in [4.78, 5) is 16.1. The molecule has 0 atom stereocenters. The Morgan fingerprint density at radius 3 is 2.50 bits per heavy atom. The summed E-state index contributed by atoms with van der Waals surface area (Å²) in [5, 5.41) is 2.75. The van der Waals surface area contributed by atoms with Crippen LogP contribution < -0.4 is 14.8 Å². The second-order valence-electron chi connectivity index (χ2n) is 3.89. The van der Waals surface area contributed by atoms with Gasteiger partial charge in [0, 0.05) is 22.4 Å². The van der Waals surface area contributed by atoms with Gasteiger partial charge in [-0.1, -0.05) is 0 Å². The summed E-state index contributed by atoms with van der Waals surface area (Å²) in [5.74, 6) is 0.867. The summed E-state index contributed by atoms with van der Waals surface area (Å²) in [6.07, 6.45) is 1.57. The number of amides is 1. The number of anilines is 1. The van der Waals surface area contributed by atoms with E-state index in [-0.39, 0.29) is 5.91 Å². The van der Waals surface area contributed by atoms with Gasteiger partial charge >= 0.3 is 0 Å². The number of hydrogen-bond acceptors (Lipinski definition) is 4. The lowest BCUT2D eigenvalue weighted by Crippen LogP contribution is -2.13. The molecular weight excluding hydrogens is 324 g/mol. The quantitative estimate of drug-likeness (QED) is 0.931. The van der Waals surface area contributed by atoms with Crippen molar-refractivity contribution in [2.45, 2.75) is 0 Å². The number of carbonyl (C=O) groups excluding carboxylic acids is 1. The SMILES string of the molecule is COc1ccc(NC(=O)c2ccc(Br)cn2)cc1OC. The zero-order valence-electron chi connectivity index (χ0n) is 11.0. The molecule has 1 N–H and O–H groups in total. The van der Waals surface area contributed by atoms with Gasteiger partial charge in [0.1, 0.15) is 5.69 Å². The summed E-state index contributed by atoms with van der Waals surface area (Å²) in [6, 6.07) is 8.55. The van der Waals surface area contributed by atoms with Crippen molar-refractivity contribution in [2.24, 2.45) is 0 Å². The van der Waals surface area contributed by atoms with Gasteiger partial charge in [0.05, 0.1) is 14.2 Å². The molecule has 0 bridgehead atoms. The number of hydrogen-bond donors (Lipinski definition) is 1. The fourth-order valence-corrected chi connectivity index (χ4v) is 1.85. The van der Waals surface area contributed by atoms with E-state index in [0.29, 0.717) is 22.9 Å². The standard InChI is InChI=1S/C14H13BrN2O3/c1-19-12-6-4-10(7-13(12)20-2)17-14(18)11-5-3-9(15)8-16-11/h3-8H,1-2H3,(H,17,18). The summed E-state index contributed by atoms with van der Waals surface area (Å²) in [5.41, 5.74) is 0.945. The Kier molecular flexibility index (Phi) is 4.57. The van der Waals surface area contributed by atoms with E-state index in [1.807, 2.05) is 0 Å². The van der Waals surface area contributed by atoms with Gasteiger partial charge in [0.15, 0.2) is 11.5 Å². The Morgan fingerprint density at radius 1 is 1.15 bits per heavy atom. The van der Waals surface area contributed by atoms with Gasteiger partial charge < -0.3 is 14.8 Å². The fourth-order valence-electron chi connectivity index (χ4n) is 1.62. The van der Waals surface area contributed by atoms with Crippen molar-refractivity contribution < 1.29 is 14.3 Å². The minimum atomic E-state index is -0.287. The second kappa shape index (κ2) is 6.38. The Hall–Kier alpha value is -2.08. The molecule has 1 aromatic carbocycles. The van der Waals surface area contributed by atoms with Crippen LogP contribution in [0.4, 0.5) is 5.69 Å². The summed E-state index contributed by atoms with van der Waals surface area (Å²) < 4.78 is 11.1. The summed E-state index contributed by atoms with van der Waals surface area (Å²) >= 11 is 3.27. The van der Waals surface area contributed by atoms with Gasteiger partial charge in [-0.25, -0.2) is 4.98 Å². The number of nitrogens with one attached hydrogen (secondary N) is 1. The molecule has 6 heteroatoms. The molecular formula is C14H13BrN2O3. The number of benzene rings is 1. The lowest BCUT2D eigenvalue weighted by Gasteiger charge is -2.10. The van der Waals surface area contributed by atoms with Crippen LogP contribution in [-0.2, 0) is 0 Å². The number of ether oxygens (including phenoxy) is 2. The molecule has 0 saturated carbocycles. The number of nitrogens with zero attached hydrogens (tertiary/aromatic N) is 1. The van der Waals surface area contributed by atoms with E-state index in [9.17, 15) is 4.79 Å². The fraction of sp³-hybridized carbons (Fsp3) is 0.143. The van der Waals surface area contributed by atoms with Crippen LogP contribution in [0.1, 0.15) is 10.5 Å². The number of aromatic nitrogens is 1. The van der Waals surface area contributed by atoms with E-state index in [1.165, 1.54) is 0 Å². The summed E-state index contributed by atoms with van der Waals surface area (Å²) in [6.45, 7) is 0. The highest BCUT2D eigenvalue weighted by Crippen LogP contribution is 2.29. The molecule has 0 aliphatic rings. The molecule has 1 aromatic heterocycles. The monoisotopic (exact) mass is 336 g/mol. The highest BCUT2D eigenvalue weighted by atomic mass is 79.9. The Balaban J connectivity index is 2.17. The molecule has 0 spiro atoms. The second-order valence-corrected chi connectivity index (χ2v) is 4.80. The van der Waals surface area contributed by atoms with Crippen LogP contribution in [0.3, 0.4) is 0 Å². The molecule has 0 aliphatic heterocycles. The highest BCUT2D eigenvalue weighted by molar-refractivity contribution is 9.10. The maximum atomic E-state index is 12.0. The van der Waals surface area contributed by atoms with Gasteiger partial charge in [-0.3, -0.25) is 4.79 Å². The first-order valence-electron chi connectivity index (χ1n) is 5.79. The topological polar surface area (TPSA) is 60.5 Å². The molecule has 2 aromatic rings. The molecule has 0 saturated heterocycles. The minimum Gasteiger partial charge on any atom is -0.493 e. The van der Waals surface area contributed by atoms with Crippen LogP contribution in [0, 0.1) is 0 Å². The van der Waals surface area contributed by atoms with Gasteiger partial charge in [-0.2, -0.15) is 0 Å². The molecule has 5 nitrogen and oxygen atoms in total. The smallest absolute Gasteiger partial charge is 0.274 e. The Labute approximate surface area is 125 Å². The molecule has 0 unspecified atom stereocenters. The minimum absolute atomic E-state index is 0.287. The molecule has 104 valence electrons. The first-order valence-corrected chi connectivity index (χ1v) is 6.58. The third-order valence-corrected chi connectivity index (χ3v) is 3.07. The Bertz CT molecular complexity index is 614. The van der Waals surface area contributed by atoms with Gasteiger partial charge in [0.25, 0.3) is 5.91 Å². The van der Waals surface area contributed by atoms with Crippen molar-refractivity contribution in [1.82, 2.24) is 4.98 Å². The largest absolute Gasteiger partial charge is 0.493 e. The zero-order chi connectivity index (χ0) is 14.5. The molecule has 0 radical (unpaired) electrons. The maximum absolute atomic E-state index is 12.0. The van der Waals surface area contributed by atoms with Crippen LogP contribution in [0.2, 0.25) is 0 Å². The van der Waals surface area contributed by atoms with E-state index >= 15 is 0 Å². The molecule has 0 fully saturated rings. The lowest BCUT2D eigenvalue weighted by molar-refractivity contribution is 0.102. The molecule has 2 rings (SSSR count). The number of halogens is 1. The first-order chi connectivity index (χ1) is 9.63. The van der Waals surface area contributed by atoms with Gasteiger partial charge in [-0.05, 0) is 40.2 Å². The summed E-state index contributed by atoms with van der Waals surface area (Å²) in [7, 11) is 3.10.